The average molecular weight is 318 g/mol. The number of anilines is 1. The number of primary amides is 1. The number of hydrogen-bond donors (Lipinski definition) is 3. The number of ether oxygens (including phenoxy) is 2. The number of benzene rings is 1. The van der Waals surface area contributed by atoms with E-state index in [0.717, 1.165) is 0 Å². The van der Waals surface area contributed by atoms with Gasteiger partial charge in [-0.3, -0.25) is 4.79 Å². The lowest BCUT2D eigenvalue weighted by molar-refractivity contribution is 0.0972. The van der Waals surface area contributed by atoms with Gasteiger partial charge in [0.1, 0.15) is 12.3 Å². The summed E-state index contributed by atoms with van der Waals surface area (Å²) < 4.78 is 15.6. The van der Waals surface area contributed by atoms with Gasteiger partial charge in [0.2, 0.25) is 0 Å². The van der Waals surface area contributed by atoms with Crippen LogP contribution in [0.3, 0.4) is 0 Å². The molecule has 0 saturated heterocycles. The molecule has 0 spiro atoms. The number of carbonyl (C=O) groups is 1. The van der Waals surface area contributed by atoms with Crippen LogP contribution in [0.25, 0.3) is 0 Å². The van der Waals surface area contributed by atoms with E-state index < -0.39 is 5.91 Å². The molecule has 2 rings (SSSR count). The zero-order valence-corrected chi connectivity index (χ0v) is 12.8. The number of furan rings is 1. The molecule has 0 radical (unpaired) electrons. The van der Waals surface area contributed by atoms with Gasteiger partial charge in [-0.1, -0.05) is 0 Å². The summed E-state index contributed by atoms with van der Waals surface area (Å²) in [5.41, 5.74) is 11.6. The number of amides is 1. The van der Waals surface area contributed by atoms with Crippen molar-refractivity contribution >= 4 is 17.6 Å². The van der Waals surface area contributed by atoms with Gasteiger partial charge in [-0.2, -0.15) is 0 Å². The molecular weight excluding hydrogens is 300 g/mol. The minimum absolute atomic E-state index is 0.0848. The average Bonchev–Trinajstić information content (AvgIpc) is 3.02. The summed E-state index contributed by atoms with van der Waals surface area (Å²) in [5.74, 6) is 1.31. The van der Waals surface area contributed by atoms with Crippen molar-refractivity contribution < 1.29 is 18.7 Å². The van der Waals surface area contributed by atoms with Gasteiger partial charge >= 0.3 is 0 Å². The highest BCUT2D eigenvalue weighted by atomic mass is 16.5. The fourth-order valence-corrected chi connectivity index (χ4v) is 1.86. The Labute approximate surface area is 133 Å². The van der Waals surface area contributed by atoms with E-state index in [4.69, 9.17) is 25.4 Å². The predicted molar refractivity (Wildman–Crippen MR) is 85.7 cm³/mol. The lowest BCUT2D eigenvalue weighted by Crippen LogP contribution is -2.22. The molecule has 0 aliphatic rings. The van der Waals surface area contributed by atoms with Gasteiger partial charge in [0.15, 0.2) is 23.2 Å². The Balaban J connectivity index is 2.02. The lowest BCUT2D eigenvalue weighted by atomic mass is 10.3. The van der Waals surface area contributed by atoms with Gasteiger partial charge in [0.25, 0.3) is 5.91 Å². The molecular formula is C15H18N4O4. The normalized spacial score (nSPS) is 11.1. The fraction of sp³-hybridized carbons (Fsp3) is 0.200. The van der Waals surface area contributed by atoms with Crippen molar-refractivity contribution in [2.75, 3.05) is 19.5 Å². The summed E-state index contributed by atoms with van der Waals surface area (Å²) in [5, 5.41) is 2.93. The van der Waals surface area contributed by atoms with Gasteiger partial charge in [-0.25, -0.2) is 4.99 Å². The second-order valence-corrected chi connectivity index (χ2v) is 4.53. The molecule has 0 atom stereocenters. The molecule has 0 fully saturated rings. The molecule has 23 heavy (non-hydrogen) atoms. The summed E-state index contributed by atoms with van der Waals surface area (Å²) >= 11 is 0. The summed E-state index contributed by atoms with van der Waals surface area (Å²) in [4.78, 5) is 15.1. The van der Waals surface area contributed by atoms with Crippen LogP contribution in [-0.2, 0) is 6.54 Å². The van der Waals surface area contributed by atoms with E-state index >= 15 is 0 Å². The van der Waals surface area contributed by atoms with Crippen molar-refractivity contribution in [1.29, 1.82) is 0 Å². The van der Waals surface area contributed by atoms with Crippen molar-refractivity contribution in [2.24, 2.45) is 16.5 Å². The van der Waals surface area contributed by atoms with Crippen LogP contribution in [0.1, 0.15) is 16.3 Å². The first-order chi connectivity index (χ1) is 11.0. The number of rotatable bonds is 6. The molecule has 1 amide bonds. The topological polar surface area (TPSA) is 125 Å². The van der Waals surface area contributed by atoms with Crippen molar-refractivity contribution in [3.05, 3.63) is 41.9 Å². The quantitative estimate of drug-likeness (QED) is 0.545. The molecule has 1 aromatic carbocycles. The van der Waals surface area contributed by atoms with E-state index in [2.05, 4.69) is 10.3 Å². The van der Waals surface area contributed by atoms with Crippen molar-refractivity contribution in [3.63, 3.8) is 0 Å². The molecule has 5 N–H and O–H groups in total. The minimum Gasteiger partial charge on any atom is -0.493 e. The van der Waals surface area contributed by atoms with Gasteiger partial charge in [-0.15, -0.1) is 0 Å². The number of methoxy groups -OCH3 is 2. The fourth-order valence-electron chi connectivity index (χ4n) is 1.86. The van der Waals surface area contributed by atoms with Gasteiger partial charge in [0.05, 0.1) is 14.2 Å². The largest absolute Gasteiger partial charge is 0.493 e. The number of carbonyl (C=O) groups excluding carboxylic acids is 1. The molecule has 0 aliphatic heterocycles. The van der Waals surface area contributed by atoms with E-state index in [-0.39, 0.29) is 18.3 Å². The predicted octanol–water partition coefficient (Wildman–Crippen LogP) is 1.32. The van der Waals surface area contributed by atoms with Gasteiger partial charge in [0, 0.05) is 11.8 Å². The van der Waals surface area contributed by atoms with Crippen molar-refractivity contribution in [3.8, 4) is 11.5 Å². The van der Waals surface area contributed by atoms with Gasteiger partial charge in [-0.05, 0) is 24.3 Å². The maximum Gasteiger partial charge on any atom is 0.284 e. The third-order valence-electron chi connectivity index (χ3n) is 2.97. The van der Waals surface area contributed by atoms with Crippen molar-refractivity contribution in [1.82, 2.24) is 0 Å². The second kappa shape index (κ2) is 7.21. The van der Waals surface area contributed by atoms with Crippen LogP contribution >= 0.6 is 0 Å². The Morgan fingerprint density at radius 3 is 2.52 bits per heavy atom. The van der Waals surface area contributed by atoms with Gasteiger partial charge < -0.3 is 30.7 Å². The molecule has 8 heteroatoms. The highest BCUT2D eigenvalue weighted by Gasteiger charge is 2.07. The summed E-state index contributed by atoms with van der Waals surface area (Å²) in [6, 6.07) is 8.37. The summed E-state index contributed by atoms with van der Waals surface area (Å²) in [6.45, 7) is 0.180. The molecule has 0 saturated carbocycles. The Hall–Kier alpha value is -3.16. The van der Waals surface area contributed by atoms with Crippen LogP contribution < -0.4 is 26.3 Å². The standard InChI is InChI=1S/C15H18N4O4/c1-21-11-5-3-9(7-13(11)22-2)19-15(17)18-8-10-4-6-12(23-10)14(16)20/h3-7H,8H2,1-2H3,(H2,16,20)(H3,17,18,19). The van der Waals surface area contributed by atoms with Crippen LogP contribution in [0, 0.1) is 0 Å². The number of nitrogens with one attached hydrogen (secondary N) is 1. The zero-order valence-electron chi connectivity index (χ0n) is 12.8. The monoisotopic (exact) mass is 318 g/mol. The molecule has 8 nitrogen and oxygen atoms in total. The third kappa shape index (κ3) is 4.16. The maximum atomic E-state index is 10.9. The van der Waals surface area contributed by atoms with Crippen LogP contribution in [-0.4, -0.2) is 26.1 Å². The number of hydrogen-bond acceptors (Lipinski definition) is 5. The number of aliphatic imine (C=N–C) groups is 1. The first kappa shape index (κ1) is 16.2. The molecule has 0 unspecified atom stereocenters. The highest BCUT2D eigenvalue weighted by molar-refractivity contribution is 5.92. The van der Waals surface area contributed by atoms with Crippen LogP contribution in [0.4, 0.5) is 5.69 Å². The third-order valence-corrected chi connectivity index (χ3v) is 2.97. The van der Waals surface area contributed by atoms with Crippen LogP contribution in [0.5, 0.6) is 11.5 Å². The Bertz CT molecular complexity index is 724. The van der Waals surface area contributed by atoms with E-state index in [9.17, 15) is 4.79 Å². The first-order valence-electron chi connectivity index (χ1n) is 6.71. The molecule has 2 aromatic rings. The Morgan fingerprint density at radius 2 is 1.91 bits per heavy atom. The molecule has 1 aromatic heterocycles. The SMILES string of the molecule is COc1ccc(NC(N)=NCc2ccc(C(N)=O)o2)cc1OC. The molecule has 122 valence electrons. The van der Waals surface area contributed by atoms with E-state index in [1.807, 2.05) is 0 Å². The zero-order chi connectivity index (χ0) is 16.8. The number of guanidine groups is 1. The lowest BCUT2D eigenvalue weighted by Gasteiger charge is -2.10. The minimum atomic E-state index is -0.628. The van der Waals surface area contributed by atoms with E-state index in [1.54, 1.807) is 38.5 Å². The first-order valence-corrected chi connectivity index (χ1v) is 6.71. The van der Waals surface area contributed by atoms with Crippen LogP contribution in [0.2, 0.25) is 0 Å². The summed E-state index contributed by atoms with van der Waals surface area (Å²) in [7, 11) is 3.11. The van der Waals surface area contributed by atoms with Crippen LogP contribution in [0.15, 0.2) is 39.7 Å². The highest BCUT2D eigenvalue weighted by Crippen LogP contribution is 2.29. The Morgan fingerprint density at radius 1 is 1.17 bits per heavy atom. The molecule has 0 bridgehead atoms. The van der Waals surface area contributed by atoms with E-state index in [1.165, 1.54) is 6.07 Å². The van der Waals surface area contributed by atoms with Crippen molar-refractivity contribution in [2.45, 2.75) is 6.54 Å². The number of nitrogens with two attached hydrogens (primary N) is 2. The van der Waals surface area contributed by atoms with E-state index in [0.29, 0.717) is 22.9 Å². The molecule has 1 heterocycles. The summed E-state index contributed by atoms with van der Waals surface area (Å²) in [6.07, 6.45) is 0. The maximum absolute atomic E-state index is 10.9. The second-order valence-electron chi connectivity index (χ2n) is 4.53. The molecule has 0 aliphatic carbocycles. The number of nitrogens with zero attached hydrogens (tertiary/aromatic N) is 1. The smallest absolute Gasteiger partial charge is 0.284 e. The Kier molecular flexibility index (Phi) is 5.08.